The van der Waals surface area contributed by atoms with Gasteiger partial charge in [-0.1, -0.05) is 18.9 Å². The summed E-state index contributed by atoms with van der Waals surface area (Å²) in [6.45, 7) is 3.34. The molecule has 7 heteroatoms. The summed E-state index contributed by atoms with van der Waals surface area (Å²) in [5, 5.41) is 20.4. The van der Waals surface area contributed by atoms with Crippen LogP contribution in [0.5, 0.6) is 0 Å². The molecule has 1 amide bonds. The highest BCUT2D eigenvalue weighted by atomic mass is 32.1. The van der Waals surface area contributed by atoms with Crippen LogP contribution in [0.2, 0.25) is 0 Å². The first-order valence-electron chi connectivity index (χ1n) is 10.5. The van der Waals surface area contributed by atoms with Crippen molar-refractivity contribution in [3.05, 3.63) is 35.3 Å². The number of thiophene rings is 1. The molecule has 0 aromatic carbocycles. The molecule has 3 heterocycles. The lowest BCUT2D eigenvalue weighted by Gasteiger charge is -2.27. The van der Waals surface area contributed by atoms with Gasteiger partial charge in [0.15, 0.2) is 5.65 Å². The summed E-state index contributed by atoms with van der Waals surface area (Å²) in [6, 6.07) is 5.88. The van der Waals surface area contributed by atoms with Crippen LogP contribution in [0.3, 0.4) is 0 Å². The van der Waals surface area contributed by atoms with E-state index in [0.717, 1.165) is 53.7 Å². The monoisotopic (exact) mass is 412 g/mol. The molecule has 0 spiro atoms. The molecular formula is C22H28N4O2S. The minimum absolute atomic E-state index is 0.0879. The number of nitrogens with zero attached hydrogens (tertiary/aromatic N) is 3. The Morgan fingerprint density at radius 1 is 1.38 bits per heavy atom. The molecule has 154 valence electrons. The number of nitrogens with one attached hydrogen (secondary N) is 1. The Bertz CT molecular complexity index is 967. The van der Waals surface area contributed by atoms with E-state index < -0.39 is 0 Å². The first-order valence-corrected chi connectivity index (χ1v) is 11.4. The fourth-order valence-corrected chi connectivity index (χ4v) is 4.89. The van der Waals surface area contributed by atoms with Crippen LogP contribution in [-0.2, 0) is 6.54 Å². The van der Waals surface area contributed by atoms with Crippen molar-refractivity contribution in [2.45, 2.75) is 58.1 Å². The number of aryl methyl sites for hydroxylation is 1. The quantitative estimate of drug-likeness (QED) is 0.569. The smallest absolute Gasteiger partial charge is 0.252 e. The third kappa shape index (κ3) is 4.36. The van der Waals surface area contributed by atoms with Crippen LogP contribution in [0.25, 0.3) is 21.6 Å². The van der Waals surface area contributed by atoms with Crippen molar-refractivity contribution >= 4 is 28.3 Å². The highest BCUT2D eigenvalue weighted by molar-refractivity contribution is 7.13. The average Bonchev–Trinajstić information content (AvgIpc) is 3.41. The van der Waals surface area contributed by atoms with Crippen LogP contribution >= 0.6 is 11.3 Å². The number of aliphatic hydroxyl groups excluding tert-OH is 1. The molecule has 1 aliphatic rings. The number of hydrogen-bond donors (Lipinski definition) is 2. The minimum atomic E-state index is -0.174. The molecule has 3 aromatic rings. The molecule has 1 fully saturated rings. The molecule has 2 atom stereocenters. The summed E-state index contributed by atoms with van der Waals surface area (Å²) in [7, 11) is 0. The van der Waals surface area contributed by atoms with E-state index in [0.29, 0.717) is 24.6 Å². The van der Waals surface area contributed by atoms with Crippen LogP contribution in [-0.4, -0.2) is 38.4 Å². The molecule has 29 heavy (non-hydrogen) atoms. The number of hydrogen-bond acceptors (Lipinski definition) is 5. The van der Waals surface area contributed by atoms with Crippen LogP contribution in [0.15, 0.2) is 29.8 Å². The van der Waals surface area contributed by atoms with Gasteiger partial charge in [0.25, 0.3) is 5.91 Å². The number of carbonyl (C=O) groups is 1. The Balaban J connectivity index is 1.48. The standard InChI is InChI=1S/C22H28N4O2S/c1-2-26-21-17(14-24-26)16(13-18(25-21)20-10-6-12-29-20)22(28)23-11-5-8-15-7-3-4-9-19(15)27/h6,10,12-15,19,27H,2-5,7-9,11H2,1H3,(H,23,28)/t15-,19+/m0/s1. The molecule has 0 saturated heterocycles. The Hall–Kier alpha value is -2.25. The maximum absolute atomic E-state index is 13.0. The number of fused-ring (bicyclic) bond motifs is 1. The van der Waals surface area contributed by atoms with Gasteiger partial charge in [0.05, 0.1) is 33.8 Å². The molecule has 1 aliphatic carbocycles. The van der Waals surface area contributed by atoms with Crippen LogP contribution in [0.1, 0.15) is 55.8 Å². The third-order valence-electron chi connectivity index (χ3n) is 5.83. The van der Waals surface area contributed by atoms with Gasteiger partial charge in [0.1, 0.15) is 0 Å². The Morgan fingerprint density at radius 3 is 3.00 bits per heavy atom. The maximum Gasteiger partial charge on any atom is 0.252 e. The number of aromatic nitrogens is 3. The van der Waals surface area contributed by atoms with E-state index in [9.17, 15) is 9.90 Å². The van der Waals surface area contributed by atoms with Gasteiger partial charge in [0, 0.05) is 13.1 Å². The summed E-state index contributed by atoms with van der Waals surface area (Å²) in [4.78, 5) is 18.8. The lowest BCUT2D eigenvalue weighted by molar-refractivity contribution is 0.0641. The fraction of sp³-hybridized carbons (Fsp3) is 0.500. The minimum Gasteiger partial charge on any atom is -0.393 e. The first kappa shape index (κ1) is 20.0. The second-order valence-electron chi connectivity index (χ2n) is 7.74. The van der Waals surface area contributed by atoms with E-state index in [1.807, 2.05) is 35.2 Å². The van der Waals surface area contributed by atoms with Crippen molar-refractivity contribution in [2.24, 2.45) is 5.92 Å². The van der Waals surface area contributed by atoms with Crippen molar-refractivity contribution < 1.29 is 9.90 Å². The van der Waals surface area contributed by atoms with Gasteiger partial charge in [-0.3, -0.25) is 4.79 Å². The second kappa shape index (κ2) is 9.05. The Kier molecular flexibility index (Phi) is 6.25. The molecule has 1 saturated carbocycles. The average molecular weight is 413 g/mol. The van der Waals surface area contributed by atoms with Crippen molar-refractivity contribution in [1.82, 2.24) is 20.1 Å². The summed E-state index contributed by atoms with van der Waals surface area (Å²) >= 11 is 1.61. The SMILES string of the molecule is CCn1ncc2c(C(=O)NCCC[C@@H]3CCCC[C@H]3O)cc(-c3cccs3)nc21. The Morgan fingerprint density at radius 2 is 2.24 bits per heavy atom. The van der Waals surface area contributed by atoms with Gasteiger partial charge in [-0.2, -0.15) is 5.10 Å². The topological polar surface area (TPSA) is 80.0 Å². The number of pyridine rings is 1. The molecule has 0 bridgehead atoms. The number of carbonyl (C=O) groups excluding carboxylic acids is 1. The molecule has 0 radical (unpaired) electrons. The van der Waals surface area contributed by atoms with Gasteiger partial charge >= 0.3 is 0 Å². The van der Waals surface area contributed by atoms with Crippen LogP contribution < -0.4 is 5.32 Å². The van der Waals surface area contributed by atoms with Crippen LogP contribution in [0.4, 0.5) is 0 Å². The van der Waals surface area contributed by atoms with E-state index in [1.54, 1.807) is 17.5 Å². The predicted molar refractivity (Wildman–Crippen MR) is 116 cm³/mol. The third-order valence-corrected chi connectivity index (χ3v) is 6.73. The number of amides is 1. The highest BCUT2D eigenvalue weighted by Crippen LogP contribution is 2.29. The zero-order valence-electron chi connectivity index (χ0n) is 16.8. The molecule has 0 unspecified atom stereocenters. The van der Waals surface area contributed by atoms with E-state index >= 15 is 0 Å². The van der Waals surface area contributed by atoms with Gasteiger partial charge in [-0.05, 0) is 56.0 Å². The molecule has 2 N–H and O–H groups in total. The zero-order valence-corrected chi connectivity index (χ0v) is 17.6. The highest BCUT2D eigenvalue weighted by Gasteiger charge is 2.22. The van der Waals surface area contributed by atoms with Gasteiger partial charge < -0.3 is 10.4 Å². The summed E-state index contributed by atoms with van der Waals surface area (Å²) in [6.07, 6.45) is 7.75. The van der Waals surface area contributed by atoms with Crippen molar-refractivity contribution in [2.75, 3.05) is 6.54 Å². The molecule has 3 aromatic heterocycles. The number of rotatable bonds is 7. The van der Waals surface area contributed by atoms with Gasteiger partial charge in [-0.15, -0.1) is 11.3 Å². The molecule has 6 nitrogen and oxygen atoms in total. The van der Waals surface area contributed by atoms with Crippen molar-refractivity contribution in [3.63, 3.8) is 0 Å². The lowest BCUT2D eigenvalue weighted by atomic mass is 9.83. The molecular weight excluding hydrogens is 384 g/mol. The lowest BCUT2D eigenvalue weighted by Crippen LogP contribution is -2.28. The van der Waals surface area contributed by atoms with Crippen molar-refractivity contribution in [1.29, 1.82) is 0 Å². The summed E-state index contributed by atoms with van der Waals surface area (Å²) in [5.74, 6) is 0.288. The summed E-state index contributed by atoms with van der Waals surface area (Å²) in [5.41, 5.74) is 2.17. The van der Waals surface area contributed by atoms with Crippen molar-refractivity contribution in [3.8, 4) is 10.6 Å². The normalized spacial score (nSPS) is 19.5. The van der Waals surface area contributed by atoms with E-state index in [1.165, 1.54) is 6.42 Å². The largest absolute Gasteiger partial charge is 0.393 e. The van der Waals surface area contributed by atoms with E-state index in [2.05, 4.69) is 10.4 Å². The van der Waals surface area contributed by atoms with E-state index in [4.69, 9.17) is 4.98 Å². The van der Waals surface area contributed by atoms with Gasteiger partial charge in [0.2, 0.25) is 0 Å². The molecule has 4 rings (SSSR count). The fourth-order valence-electron chi connectivity index (χ4n) is 4.20. The summed E-state index contributed by atoms with van der Waals surface area (Å²) < 4.78 is 1.83. The molecule has 0 aliphatic heterocycles. The second-order valence-corrected chi connectivity index (χ2v) is 8.69. The zero-order chi connectivity index (χ0) is 20.2. The van der Waals surface area contributed by atoms with Crippen LogP contribution in [0, 0.1) is 5.92 Å². The van der Waals surface area contributed by atoms with E-state index in [-0.39, 0.29) is 12.0 Å². The maximum atomic E-state index is 13.0. The number of aliphatic hydroxyl groups is 1. The Labute approximate surface area is 175 Å². The predicted octanol–water partition coefficient (Wildman–Crippen LogP) is 4.24. The first-order chi connectivity index (χ1) is 14.2. The van der Waals surface area contributed by atoms with Gasteiger partial charge in [-0.25, -0.2) is 9.67 Å².